The van der Waals surface area contributed by atoms with Crippen LogP contribution in [-0.4, -0.2) is 74.7 Å². The monoisotopic (exact) mass is 463 g/mol. The molecule has 1 aliphatic rings. The summed E-state index contributed by atoms with van der Waals surface area (Å²) in [6.45, 7) is 7.29. The second-order valence-corrected chi connectivity index (χ2v) is 8.56. The molecule has 0 atom stereocenters. The van der Waals surface area contributed by atoms with Gasteiger partial charge in [0, 0.05) is 12.1 Å². The van der Waals surface area contributed by atoms with Gasteiger partial charge in [0.05, 0.1) is 18.5 Å². The smallest absolute Gasteiger partial charge is 0.432 e. The number of imidazole rings is 1. The van der Waals surface area contributed by atoms with Crippen LogP contribution in [0.3, 0.4) is 0 Å². The molecule has 3 rings (SSSR count). The van der Waals surface area contributed by atoms with Gasteiger partial charge in [-0.1, -0.05) is 0 Å². The van der Waals surface area contributed by atoms with Gasteiger partial charge < -0.3 is 29.2 Å². The van der Waals surface area contributed by atoms with Gasteiger partial charge in [0.25, 0.3) is 0 Å². The molecule has 0 amide bonds. The maximum absolute atomic E-state index is 11.9. The zero-order valence-corrected chi connectivity index (χ0v) is 19.6. The number of nitrogens with zero attached hydrogens (tertiary/aromatic N) is 5. The van der Waals surface area contributed by atoms with Gasteiger partial charge in [-0.15, -0.1) is 0 Å². The largest absolute Gasteiger partial charge is 0.508 e. The van der Waals surface area contributed by atoms with Gasteiger partial charge in [0.2, 0.25) is 0 Å². The lowest BCUT2D eigenvalue weighted by atomic mass is 10.1. The summed E-state index contributed by atoms with van der Waals surface area (Å²) < 4.78 is 22.5. The highest BCUT2D eigenvalue weighted by Crippen LogP contribution is 2.45. The van der Waals surface area contributed by atoms with E-state index >= 15 is 0 Å². The van der Waals surface area contributed by atoms with Gasteiger partial charge in [-0.2, -0.15) is 0 Å². The Morgan fingerprint density at radius 3 is 2.15 bits per heavy atom. The summed E-state index contributed by atoms with van der Waals surface area (Å²) in [4.78, 5) is 38.4. The molecule has 0 bridgehead atoms. The topological polar surface area (TPSA) is 144 Å². The Morgan fingerprint density at radius 1 is 1.06 bits per heavy atom. The Bertz CT molecular complexity index is 947. The number of nitrogens with two attached hydrogens (primary N) is 1. The highest BCUT2D eigenvalue weighted by molar-refractivity contribution is 5.81. The second-order valence-electron chi connectivity index (χ2n) is 8.56. The van der Waals surface area contributed by atoms with Crippen LogP contribution in [-0.2, 0) is 25.5 Å². The highest BCUT2D eigenvalue weighted by Gasteiger charge is 2.50. The molecule has 1 fully saturated rings. The number of likely N-dealkylation sites (N-methyl/N-ethyl adjacent to an activating group) is 1. The zero-order chi connectivity index (χ0) is 24.2. The number of ether oxygens (including phenoxy) is 4. The van der Waals surface area contributed by atoms with Crippen LogP contribution in [0.4, 0.5) is 15.4 Å². The predicted octanol–water partition coefficient (Wildman–Crippen LogP) is 2.53. The summed E-state index contributed by atoms with van der Waals surface area (Å²) >= 11 is 0. The molecule has 181 valence electrons. The molecule has 12 heteroatoms. The van der Waals surface area contributed by atoms with Crippen LogP contribution in [0.15, 0.2) is 12.7 Å². The van der Waals surface area contributed by atoms with Gasteiger partial charge >= 0.3 is 12.3 Å². The Balaban J connectivity index is 1.72. The number of fused-ring (bicyclic) bond motifs is 1. The van der Waals surface area contributed by atoms with Crippen molar-refractivity contribution in [2.75, 3.05) is 26.0 Å². The first-order chi connectivity index (χ1) is 15.6. The van der Waals surface area contributed by atoms with Crippen LogP contribution in [0, 0.1) is 6.04 Å². The van der Waals surface area contributed by atoms with E-state index in [1.165, 1.54) is 6.33 Å². The Kier molecular flexibility index (Phi) is 7.57. The lowest BCUT2D eigenvalue weighted by Crippen LogP contribution is -2.44. The van der Waals surface area contributed by atoms with E-state index in [0.717, 1.165) is 12.8 Å². The fraction of sp³-hybridized carbons (Fsp3) is 0.619. The quantitative estimate of drug-likeness (QED) is 0.519. The van der Waals surface area contributed by atoms with Crippen LogP contribution >= 0.6 is 0 Å². The fourth-order valence-electron chi connectivity index (χ4n) is 3.38. The van der Waals surface area contributed by atoms with E-state index in [1.807, 2.05) is 16.5 Å². The standard InChI is InChI=1S/C21H31N6O6/c1-13(2)32-19(28)30-8-15(9-31-20(29)33-14(3)4)26(5)21(6-7-21)10-27-12-25-16-17(22)23-11-24-18(16)27/h11-14H,6-10H2,1-5H3,(H2,22,23,24). The summed E-state index contributed by atoms with van der Waals surface area (Å²) in [6.07, 6.45) is 2.62. The molecule has 1 aliphatic carbocycles. The Morgan fingerprint density at radius 2 is 1.64 bits per heavy atom. The van der Waals surface area contributed by atoms with Crippen molar-refractivity contribution in [1.82, 2.24) is 24.4 Å². The minimum Gasteiger partial charge on any atom is -0.432 e. The number of anilines is 1. The molecule has 33 heavy (non-hydrogen) atoms. The van der Waals surface area contributed by atoms with Gasteiger partial charge in [0.1, 0.15) is 31.1 Å². The average Bonchev–Trinajstić information content (AvgIpc) is 3.40. The maximum atomic E-state index is 11.9. The molecule has 1 saturated carbocycles. The minimum absolute atomic E-state index is 0.0987. The third-order valence-electron chi connectivity index (χ3n) is 5.28. The molecule has 0 saturated heterocycles. The van der Waals surface area contributed by atoms with Gasteiger partial charge in [-0.05, 0) is 47.6 Å². The van der Waals surface area contributed by atoms with Crippen molar-refractivity contribution in [2.45, 2.75) is 64.8 Å². The molecule has 0 aliphatic heterocycles. The SMILES string of the molecule is CC(C)OC(=O)OC[C](COC(=O)OC(C)C)N(C)C1(Cn2cnc3c(N)ncnc32)CC1. The van der Waals surface area contributed by atoms with E-state index in [-0.39, 0.29) is 31.0 Å². The van der Waals surface area contributed by atoms with E-state index in [0.29, 0.717) is 29.6 Å². The fourth-order valence-corrected chi connectivity index (χ4v) is 3.38. The van der Waals surface area contributed by atoms with Crippen LogP contribution in [0.25, 0.3) is 11.2 Å². The minimum atomic E-state index is -0.793. The van der Waals surface area contributed by atoms with Crippen molar-refractivity contribution in [1.29, 1.82) is 0 Å². The Hall–Kier alpha value is -3.15. The van der Waals surface area contributed by atoms with Crippen LogP contribution < -0.4 is 5.73 Å². The summed E-state index contributed by atoms with van der Waals surface area (Å²) in [5.41, 5.74) is 6.78. The number of rotatable bonds is 10. The van der Waals surface area contributed by atoms with Crippen molar-refractivity contribution >= 4 is 29.3 Å². The van der Waals surface area contributed by atoms with Crippen molar-refractivity contribution < 1.29 is 28.5 Å². The first kappa shape index (κ1) is 24.5. The zero-order valence-electron chi connectivity index (χ0n) is 19.6. The highest BCUT2D eigenvalue weighted by atomic mass is 16.7. The molecule has 0 spiro atoms. The maximum Gasteiger partial charge on any atom is 0.508 e. The van der Waals surface area contributed by atoms with Crippen LogP contribution in [0.5, 0.6) is 0 Å². The predicted molar refractivity (Wildman–Crippen MR) is 118 cm³/mol. The molecule has 2 heterocycles. The summed E-state index contributed by atoms with van der Waals surface area (Å²) in [7, 11) is 1.87. The summed E-state index contributed by atoms with van der Waals surface area (Å²) in [5.74, 6) is 0.318. The first-order valence-electron chi connectivity index (χ1n) is 10.8. The summed E-state index contributed by atoms with van der Waals surface area (Å²) in [5, 5.41) is 0. The third kappa shape index (κ3) is 6.21. The van der Waals surface area contributed by atoms with Gasteiger partial charge in [0.15, 0.2) is 11.5 Å². The number of nitrogen functional groups attached to an aromatic ring is 1. The number of carbonyl (C=O) groups excluding carboxylic acids is 2. The number of aromatic nitrogens is 4. The molecule has 2 aromatic heterocycles. The van der Waals surface area contributed by atoms with Crippen molar-refractivity contribution in [2.24, 2.45) is 0 Å². The normalized spacial score (nSPS) is 14.8. The van der Waals surface area contributed by atoms with E-state index in [1.54, 1.807) is 34.0 Å². The van der Waals surface area contributed by atoms with Crippen LogP contribution in [0.1, 0.15) is 40.5 Å². The van der Waals surface area contributed by atoms with Crippen molar-refractivity contribution in [3.05, 3.63) is 18.7 Å². The third-order valence-corrected chi connectivity index (χ3v) is 5.28. The lowest BCUT2D eigenvalue weighted by Gasteiger charge is -2.34. The first-order valence-corrected chi connectivity index (χ1v) is 10.8. The molecule has 0 unspecified atom stereocenters. The average molecular weight is 464 g/mol. The van der Waals surface area contributed by atoms with Crippen LogP contribution in [0.2, 0.25) is 0 Å². The van der Waals surface area contributed by atoms with E-state index in [2.05, 4.69) is 15.0 Å². The molecule has 12 nitrogen and oxygen atoms in total. The molecule has 2 aromatic rings. The summed E-state index contributed by atoms with van der Waals surface area (Å²) in [6, 6.07) is 0.590. The number of carbonyl (C=O) groups is 2. The molecular formula is C21H31N6O6. The lowest BCUT2D eigenvalue weighted by molar-refractivity contribution is 0.00660. The van der Waals surface area contributed by atoms with Gasteiger partial charge in [-0.25, -0.2) is 24.5 Å². The molecule has 2 N–H and O–H groups in total. The molecule has 1 radical (unpaired) electrons. The second kappa shape index (κ2) is 10.2. The van der Waals surface area contributed by atoms with Crippen molar-refractivity contribution in [3.63, 3.8) is 0 Å². The van der Waals surface area contributed by atoms with Gasteiger partial charge in [-0.3, -0.25) is 4.90 Å². The van der Waals surface area contributed by atoms with Crippen molar-refractivity contribution in [3.8, 4) is 0 Å². The molecule has 0 aromatic carbocycles. The Labute approximate surface area is 192 Å². The number of hydrogen-bond donors (Lipinski definition) is 1. The number of hydrogen-bond acceptors (Lipinski definition) is 11. The van der Waals surface area contributed by atoms with E-state index in [9.17, 15) is 9.59 Å². The molecular weight excluding hydrogens is 432 g/mol. The van der Waals surface area contributed by atoms with E-state index in [4.69, 9.17) is 24.7 Å². The van der Waals surface area contributed by atoms with E-state index < -0.39 is 12.3 Å².